The molecule has 98 valence electrons. The summed E-state index contributed by atoms with van der Waals surface area (Å²) in [4.78, 5) is 11.1. The average Bonchev–Trinajstić information content (AvgIpc) is 2.46. The van der Waals surface area contributed by atoms with E-state index in [1.807, 2.05) is 18.2 Å². The minimum absolute atomic E-state index is 0.440. The molecule has 0 heterocycles. The molecule has 0 fully saturated rings. The van der Waals surface area contributed by atoms with Gasteiger partial charge in [0.1, 0.15) is 0 Å². The second-order valence-corrected chi connectivity index (χ2v) is 4.36. The largest absolute Gasteiger partial charge is 0.493 e. The van der Waals surface area contributed by atoms with Crippen molar-refractivity contribution in [2.24, 2.45) is 0 Å². The molecule has 0 amide bonds. The first-order chi connectivity index (χ1) is 9.19. The highest BCUT2D eigenvalue weighted by atomic mass is 35.5. The Hall–Kier alpha value is -2.00. The number of hydrogen-bond donors (Lipinski definition) is 0. The molecule has 0 bridgehead atoms. The number of halogens is 1. The van der Waals surface area contributed by atoms with Crippen LogP contribution in [0.25, 0.3) is 11.1 Å². The summed E-state index contributed by atoms with van der Waals surface area (Å²) in [5.41, 5.74) is 2.27. The molecule has 0 aliphatic heterocycles. The molecule has 0 radical (unpaired) electrons. The van der Waals surface area contributed by atoms with Crippen LogP contribution in [-0.4, -0.2) is 20.5 Å². The minimum Gasteiger partial charge on any atom is -0.493 e. The first-order valence-corrected chi connectivity index (χ1v) is 6.04. The zero-order chi connectivity index (χ0) is 13.8. The van der Waals surface area contributed by atoms with E-state index in [0.29, 0.717) is 22.1 Å². The number of methoxy groups -OCH3 is 2. The molecular weight excluding hydrogens is 264 g/mol. The highest BCUT2D eigenvalue weighted by Gasteiger charge is 2.12. The molecule has 0 spiro atoms. The first-order valence-electron chi connectivity index (χ1n) is 5.66. The van der Waals surface area contributed by atoms with Crippen LogP contribution in [0.5, 0.6) is 11.5 Å². The van der Waals surface area contributed by atoms with Crippen LogP contribution in [0.15, 0.2) is 36.4 Å². The SMILES string of the molecule is COc1cc(-c2ccc(Cl)cc2)cc(C=O)c1OC. The summed E-state index contributed by atoms with van der Waals surface area (Å²) in [5, 5.41) is 0.667. The molecular formula is C15H13ClO3. The number of ether oxygens (including phenoxy) is 2. The zero-order valence-corrected chi connectivity index (χ0v) is 11.4. The monoisotopic (exact) mass is 276 g/mol. The van der Waals surface area contributed by atoms with Gasteiger partial charge in [-0.2, -0.15) is 0 Å². The molecule has 3 nitrogen and oxygen atoms in total. The molecule has 2 rings (SSSR count). The molecule has 0 aliphatic rings. The fraction of sp³-hybridized carbons (Fsp3) is 0.133. The molecule has 0 aliphatic carbocycles. The van der Waals surface area contributed by atoms with Gasteiger partial charge in [-0.15, -0.1) is 0 Å². The Labute approximate surface area is 116 Å². The summed E-state index contributed by atoms with van der Waals surface area (Å²) in [7, 11) is 3.05. The number of aldehydes is 1. The van der Waals surface area contributed by atoms with Crippen molar-refractivity contribution < 1.29 is 14.3 Å². The standard InChI is InChI=1S/C15H13ClO3/c1-18-14-8-11(7-12(9-17)15(14)19-2)10-3-5-13(16)6-4-10/h3-9H,1-2H3. The molecule has 0 aromatic heterocycles. The third-order valence-electron chi connectivity index (χ3n) is 2.81. The van der Waals surface area contributed by atoms with E-state index in [0.717, 1.165) is 17.4 Å². The van der Waals surface area contributed by atoms with Crippen molar-refractivity contribution in [3.05, 3.63) is 47.0 Å². The Kier molecular flexibility index (Phi) is 4.07. The Morgan fingerprint density at radius 3 is 2.21 bits per heavy atom. The molecule has 0 atom stereocenters. The van der Waals surface area contributed by atoms with Crippen LogP contribution in [0.2, 0.25) is 5.02 Å². The number of carbonyl (C=O) groups excluding carboxylic acids is 1. The fourth-order valence-corrected chi connectivity index (χ4v) is 2.02. The van der Waals surface area contributed by atoms with E-state index in [9.17, 15) is 4.79 Å². The Morgan fingerprint density at radius 1 is 1.00 bits per heavy atom. The van der Waals surface area contributed by atoms with Gasteiger partial charge in [-0.1, -0.05) is 23.7 Å². The van der Waals surface area contributed by atoms with Gasteiger partial charge in [-0.05, 0) is 35.4 Å². The second kappa shape index (κ2) is 5.76. The highest BCUT2D eigenvalue weighted by Crippen LogP contribution is 2.35. The van der Waals surface area contributed by atoms with Gasteiger partial charge in [0.15, 0.2) is 17.8 Å². The topological polar surface area (TPSA) is 35.5 Å². The number of hydrogen-bond acceptors (Lipinski definition) is 3. The van der Waals surface area contributed by atoms with Crippen molar-refractivity contribution in [3.63, 3.8) is 0 Å². The maximum Gasteiger partial charge on any atom is 0.171 e. The predicted molar refractivity (Wildman–Crippen MR) is 75.4 cm³/mol. The van der Waals surface area contributed by atoms with Crippen LogP contribution in [0.1, 0.15) is 10.4 Å². The highest BCUT2D eigenvalue weighted by molar-refractivity contribution is 6.30. The van der Waals surface area contributed by atoms with Crippen LogP contribution >= 0.6 is 11.6 Å². The van der Waals surface area contributed by atoms with Crippen LogP contribution in [-0.2, 0) is 0 Å². The fourth-order valence-electron chi connectivity index (χ4n) is 1.89. The van der Waals surface area contributed by atoms with Crippen LogP contribution < -0.4 is 9.47 Å². The van der Waals surface area contributed by atoms with Crippen molar-refractivity contribution in [1.82, 2.24) is 0 Å². The van der Waals surface area contributed by atoms with Crippen molar-refractivity contribution in [2.75, 3.05) is 14.2 Å². The number of carbonyl (C=O) groups is 1. The summed E-state index contributed by atoms with van der Waals surface area (Å²) >= 11 is 5.86. The summed E-state index contributed by atoms with van der Waals surface area (Å²) < 4.78 is 10.4. The lowest BCUT2D eigenvalue weighted by atomic mass is 10.0. The van der Waals surface area contributed by atoms with E-state index >= 15 is 0 Å². The lowest BCUT2D eigenvalue weighted by Gasteiger charge is -2.12. The molecule has 0 saturated heterocycles. The Bertz CT molecular complexity index is 591. The van der Waals surface area contributed by atoms with E-state index in [-0.39, 0.29) is 0 Å². The van der Waals surface area contributed by atoms with Gasteiger partial charge in [0.2, 0.25) is 0 Å². The molecule has 19 heavy (non-hydrogen) atoms. The van der Waals surface area contributed by atoms with Gasteiger partial charge in [-0.3, -0.25) is 4.79 Å². The first kappa shape index (κ1) is 13.4. The lowest BCUT2D eigenvalue weighted by molar-refractivity contribution is 0.112. The minimum atomic E-state index is 0.440. The van der Waals surface area contributed by atoms with E-state index in [4.69, 9.17) is 21.1 Å². The third kappa shape index (κ3) is 2.71. The summed E-state index contributed by atoms with van der Waals surface area (Å²) in [5.74, 6) is 0.965. The number of rotatable bonds is 4. The smallest absolute Gasteiger partial charge is 0.171 e. The van der Waals surface area contributed by atoms with Crippen molar-refractivity contribution in [2.45, 2.75) is 0 Å². The second-order valence-electron chi connectivity index (χ2n) is 3.93. The molecule has 2 aromatic rings. The molecule has 2 aromatic carbocycles. The van der Waals surface area contributed by atoms with E-state index in [1.165, 1.54) is 14.2 Å². The summed E-state index contributed by atoms with van der Waals surface area (Å²) in [6.07, 6.45) is 0.751. The lowest BCUT2D eigenvalue weighted by Crippen LogP contribution is -1.96. The van der Waals surface area contributed by atoms with E-state index in [2.05, 4.69) is 0 Å². The van der Waals surface area contributed by atoms with Crippen LogP contribution in [0, 0.1) is 0 Å². The van der Waals surface area contributed by atoms with Crippen molar-refractivity contribution in [1.29, 1.82) is 0 Å². The average molecular weight is 277 g/mol. The van der Waals surface area contributed by atoms with Gasteiger partial charge in [0.25, 0.3) is 0 Å². The molecule has 4 heteroatoms. The maximum atomic E-state index is 11.1. The normalized spacial score (nSPS) is 10.1. The van der Waals surface area contributed by atoms with Crippen molar-refractivity contribution >= 4 is 17.9 Å². The zero-order valence-electron chi connectivity index (χ0n) is 10.6. The van der Waals surface area contributed by atoms with Crippen LogP contribution in [0.3, 0.4) is 0 Å². The third-order valence-corrected chi connectivity index (χ3v) is 3.06. The Morgan fingerprint density at radius 2 is 1.68 bits per heavy atom. The van der Waals surface area contributed by atoms with Gasteiger partial charge in [0, 0.05) is 5.02 Å². The van der Waals surface area contributed by atoms with E-state index in [1.54, 1.807) is 18.2 Å². The van der Waals surface area contributed by atoms with E-state index < -0.39 is 0 Å². The molecule has 0 saturated carbocycles. The Balaban J connectivity index is 2.58. The predicted octanol–water partition coefficient (Wildman–Crippen LogP) is 3.84. The molecule has 0 unspecified atom stereocenters. The van der Waals surface area contributed by atoms with Gasteiger partial charge in [0.05, 0.1) is 19.8 Å². The molecule has 0 N–H and O–H groups in total. The number of benzene rings is 2. The van der Waals surface area contributed by atoms with Crippen molar-refractivity contribution in [3.8, 4) is 22.6 Å². The summed E-state index contributed by atoms with van der Waals surface area (Å²) in [6, 6.07) is 11.0. The maximum absolute atomic E-state index is 11.1. The van der Waals surface area contributed by atoms with Gasteiger partial charge >= 0.3 is 0 Å². The van der Waals surface area contributed by atoms with Gasteiger partial charge < -0.3 is 9.47 Å². The quantitative estimate of drug-likeness (QED) is 0.796. The van der Waals surface area contributed by atoms with Gasteiger partial charge in [-0.25, -0.2) is 0 Å². The summed E-state index contributed by atoms with van der Waals surface area (Å²) in [6.45, 7) is 0. The van der Waals surface area contributed by atoms with Crippen LogP contribution in [0.4, 0.5) is 0 Å².